The van der Waals surface area contributed by atoms with Crippen LogP contribution < -0.4 is 0 Å². The van der Waals surface area contributed by atoms with Gasteiger partial charge in [-0.15, -0.1) is 0 Å². The molecule has 1 rings (SSSR count). The van der Waals surface area contributed by atoms with Crippen molar-refractivity contribution in [2.75, 3.05) is 0 Å². The molecule has 52 valence electrons. The summed E-state index contributed by atoms with van der Waals surface area (Å²) in [5.74, 6) is 0.120. The van der Waals surface area contributed by atoms with Gasteiger partial charge in [0, 0.05) is 11.0 Å². The molecule has 0 saturated heterocycles. The molecule has 0 radical (unpaired) electrons. The third-order valence-electron chi connectivity index (χ3n) is 1.70. The maximum atomic E-state index is 8.59. The van der Waals surface area contributed by atoms with Crippen molar-refractivity contribution in [3.8, 4) is 6.07 Å². The fourth-order valence-corrected chi connectivity index (χ4v) is 1.12. The maximum absolute atomic E-state index is 8.59. The second-order valence-electron chi connectivity index (χ2n) is 2.38. The first kappa shape index (κ1) is 7.37. The summed E-state index contributed by atoms with van der Waals surface area (Å²) in [6, 6.07) is 2.17. The zero-order valence-corrected chi connectivity index (χ0v) is 6.47. The molecule has 0 N–H and O–H groups in total. The highest BCUT2D eigenvalue weighted by atomic mass is 35.5. The van der Waals surface area contributed by atoms with Crippen molar-refractivity contribution in [3.05, 3.63) is 23.3 Å². The lowest BCUT2D eigenvalue weighted by atomic mass is 9.91. The van der Waals surface area contributed by atoms with E-state index in [-0.39, 0.29) is 11.8 Å². The van der Waals surface area contributed by atoms with E-state index in [1.165, 1.54) is 0 Å². The second-order valence-corrected chi connectivity index (χ2v) is 2.82. The molecule has 0 aromatic rings. The highest BCUT2D eigenvalue weighted by Crippen LogP contribution is 2.27. The van der Waals surface area contributed by atoms with E-state index in [2.05, 4.69) is 6.07 Å². The molecule has 2 heteroatoms. The number of allylic oxidation sites excluding steroid dienone is 4. The topological polar surface area (TPSA) is 23.8 Å². The lowest BCUT2D eigenvalue weighted by Crippen LogP contribution is -2.09. The largest absolute Gasteiger partial charge is 0.198 e. The summed E-state index contributed by atoms with van der Waals surface area (Å²) in [5.41, 5.74) is 0. The maximum Gasteiger partial charge on any atom is 0.0721 e. The third kappa shape index (κ3) is 1.22. The first-order valence-corrected chi connectivity index (χ1v) is 3.57. The molecule has 0 fully saturated rings. The van der Waals surface area contributed by atoms with Crippen LogP contribution in [0.4, 0.5) is 0 Å². The summed E-state index contributed by atoms with van der Waals surface area (Å²) in [6.07, 6.45) is 5.53. The van der Waals surface area contributed by atoms with E-state index in [4.69, 9.17) is 16.9 Å². The number of hydrogen-bond acceptors (Lipinski definition) is 1. The number of nitriles is 1. The van der Waals surface area contributed by atoms with Gasteiger partial charge < -0.3 is 0 Å². The Morgan fingerprint density at radius 3 is 2.90 bits per heavy atom. The van der Waals surface area contributed by atoms with Gasteiger partial charge in [-0.25, -0.2) is 0 Å². The molecule has 0 spiro atoms. The zero-order valence-electron chi connectivity index (χ0n) is 5.71. The molecule has 0 aromatic carbocycles. The van der Waals surface area contributed by atoms with Crippen molar-refractivity contribution < 1.29 is 0 Å². The monoisotopic (exact) mass is 153 g/mol. The smallest absolute Gasteiger partial charge is 0.0721 e. The summed E-state index contributed by atoms with van der Waals surface area (Å²) >= 11 is 5.80. The van der Waals surface area contributed by atoms with Crippen LogP contribution in [-0.4, -0.2) is 0 Å². The minimum Gasteiger partial charge on any atom is -0.198 e. The van der Waals surface area contributed by atoms with Crippen molar-refractivity contribution in [3.63, 3.8) is 0 Å². The molecule has 2 atom stereocenters. The third-order valence-corrected chi connectivity index (χ3v) is 2.17. The summed E-state index contributed by atoms with van der Waals surface area (Å²) in [6.45, 7) is 1.95. The van der Waals surface area contributed by atoms with Gasteiger partial charge in [0.15, 0.2) is 0 Å². The Bertz CT molecular complexity index is 222. The molecule has 1 aliphatic carbocycles. The molecule has 0 aliphatic heterocycles. The van der Waals surface area contributed by atoms with Gasteiger partial charge in [-0.3, -0.25) is 0 Å². The predicted octanol–water partition coefficient (Wildman–Crippen LogP) is 2.45. The van der Waals surface area contributed by atoms with Crippen LogP contribution in [0.2, 0.25) is 0 Å². The fraction of sp³-hybridized carbons (Fsp3) is 0.375. The second kappa shape index (κ2) is 2.90. The fourth-order valence-electron chi connectivity index (χ4n) is 0.912. The molecule has 1 aliphatic rings. The number of hydrogen-bond donors (Lipinski definition) is 0. The average Bonchev–Trinajstić information content (AvgIpc) is 1.95. The molecular weight excluding hydrogens is 146 g/mol. The van der Waals surface area contributed by atoms with E-state index in [0.29, 0.717) is 0 Å². The van der Waals surface area contributed by atoms with Crippen LogP contribution in [0.3, 0.4) is 0 Å². The van der Waals surface area contributed by atoms with Crippen LogP contribution >= 0.6 is 11.6 Å². The molecule has 0 bridgehead atoms. The van der Waals surface area contributed by atoms with Crippen molar-refractivity contribution in [1.29, 1.82) is 5.26 Å². The Hall–Kier alpha value is -0.740. The number of nitrogens with zero attached hydrogens (tertiary/aromatic N) is 1. The van der Waals surface area contributed by atoms with E-state index in [1.807, 2.05) is 25.2 Å². The van der Waals surface area contributed by atoms with Crippen molar-refractivity contribution >= 4 is 11.6 Å². The Balaban J connectivity index is 2.80. The Labute approximate surface area is 65.6 Å². The minimum atomic E-state index is -0.0440. The molecule has 0 amide bonds. The van der Waals surface area contributed by atoms with E-state index < -0.39 is 0 Å². The normalized spacial score (nSPS) is 31.1. The van der Waals surface area contributed by atoms with Crippen LogP contribution in [-0.2, 0) is 0 Å². The number of rotatable bonds is 0. The Kier molecular flexibility index (Phi) is 2.13. The predicted molar refractivity (Wildman–Crippen MR) is 41.3 cm³/mol. The van der Waals surface area contributed by atoms with Crippen LogP contribution in [0.15, 0.2) is 23.3 Å². The zero-order chi connectivity index (χ0) is 7.56. The summed E-state index contributed by atoms with van der Waals surface area (Å²) < 4.78 is 0. The summed E-state index contributed by atoms with van der Waals surface area (Å²) in [4.78, 5) is 0. The average molecular weight is 154 g/mol. The highest BCUT2D eigenvalue weighted by Gasteiger charge is 2.18. The van der Waals surface area contributed by atoms with Crippen LogP contribution in [0.25, 0.3) is 0 Å². The van der Waals surface area contributed by atoms with Crippen LogP contribution in [0.1, 0.15) is 6.92 Å². The molecule has 10 heavy (non-hydrogen) atoms. The molecular formula is C8H8ClN. The van der Waals surface area contributed by atoms with Gasteiger partial charge in [0.25, 0.3) is 0 Å². The van der Waals surface area contributed by atoms with Crippen LogP contribution in [0.5, 0.6) is 0 Å². The quantitative estimate of drug-likeness (QED) is 0.525. The summed E-state index contributed by atoms with van der Waals surface area (Å²) in [5, 5.41) is 9.36. The first-order valence-electron chi connectivity index (χ1n) is 3.19. The summed E-state index contributed by atoms with van der Waals surface area (Å²) in [7, 11) is 0. The van der Waals surface area contributed by atoms with Gasteiger partial charge in [0.1, 0.15) is 0 Å². The van der Waals surface area contributed by atoms with E-state index >= 15 is 0 Å². The van der Waals surface area contributed by atoms with Crippen molar-refractivity contribution in [1.82, 2.24) is 0 Å². The molecule has 0 aromatic heterocycles. The molecule has 0 saturated carbocycles. The molecule has 0 unspecified atom stereocenters. The van der Waals surface area contributed by atoms with Gasteiger partial charge in [0.2, 0.25) is 0 Å². The van der Waals surface area contributed by atoms with E-state index in [9.17, 15) is 0 Å². The van der Waals surface area contributed by atoms with Gasteiger partial charge in [0.05, 0.1) is 12.0 Å². The minimum absolute atomic E-state index is 0.0440. The molecule has 0 heterocycles. The molecule has 1 nitrogen and oxygen atoms in total. The first-order chi connectivity index (χ1) is 4.75. The Morgan fingerprint density at radius 2 is 2.40 bits per heavy atom. The van der Waals surface area contributed by atoms with Gasteiger partial charge in [-0.1, -0.05) is 30.7 Å². The van der Waals surface area contributed by atoms with Gasteiger partial charge in [-0.05, 0) is 6.08 Å². The highest BCUT2D eigenvalue weighted by molar-refractivity contribution is 6.30. The standard InChI is InChI=1S/C8H8ClN/c1-6-7(5-10)3-2-4-8(6)9/h2-4,6-7H,1H3/t6-,7+/m0/s1. The Morgan fingerprint density at radius 1 is 1.70 bits per heavy atom. The van der Waals surface area contributed by atoms with E-state index in [1.54, 1.807) is 0 Å². The van der Waals surface area contributed by atoms with Crippen LogP contribution in [0, 0.1) is 23.2 Å². The lowest BCUT2D eigenvalue weighted by molar-refractivity contribution is 0.605. The number of halogens is 1. The van der Waals surface area contributed by atoms with Crippen molar-refractivity contribution in [2.45, 2.75) is 6.92 Å². The van der Waals surface area contributed by atoms with Crippen molar-refractivity contribution in [2.24, 2.45) is 11.8 Å². The van der Waals surface area contributed by atoms with Gasteiger partial charge >= 0.3 is 0 Å². The van der Waals surface area contributed by atoms with E-state index in [0.717, 1.165) is 5.03 Å². The lowest BCUT2D eigenvalue weighted by Gasteiger charge is -2.15. The SMILES string of the molecule is C[C@@H]1C(Cl)=CC=C[C@@H]1C#N. The van der Waals surface area contributed by atoms with Gasteiger partial charge in [-0.2, -0.15) is 5.26 Å².